The van der Waals surface area contributed by atoms with Crippen molar-refractivity contribution in [1.29, 1.82) is 0 Å². The first-order valence-corrected chi connectivity index (χ1v) is 7.34. The molecule has 19 heavy (non-hydrogen) atoms. The Balaban J connectivity index is 2.35. The molecule has 2 nitrogen and oxygen atoms in total. The van der Waals surface area contributed by atoms with Gasteiger partial charge in [-0.15, -0.1) is 0 Å². The molecule has 0 spiro atoms. The summed E-state index contributed by atoms with van der Waals surface area (Å²) in [5.74, 6) is 1.10. The minimum atomic E-state index is -0.756. The molecule has 1 aromatic rings. The second-order valence-electron chi connectivity index (χ2n) is 6.72. The van der Waals surface area contributed by atoms with E-state index < -0.39 is 5.60 Å². The fraction of sp³-hybridized carbons (Fsp3) is 0.647. The van der Waals surface area contributed by atoms with E-state index in [9.17, 15) is 5.11 Å². The van der Waals surface area contributed by atoms with Crippen molar-refractivity contribution in [2.24, 2.45) is 11.3 Å². The molecule has 0 amide bonds. The second-order valence-corrected chi connectivity index (χ2v) is 6.72. The van der Waals surface area contributed by atoms with E-state index in [2.05, 4.69) is 27.7 Å². The summed E-state index contributed by atoms with van der Waals surface area (Å²) in [6.07, 6.45) is 2.83. The first-order valence-electron chi connectivity index (χ1n) is 7.34. The Morgan fingerprint density at radius 1 is 1.32 bits per heavy atom. The number of hydrogen-bond acceptors (Lipinski definition) is 2. The molecule has 1 N–H and O–H groups in total. The van der Waals surface area contributed by atoms with E-state index in [1.54, 1.807) is 0 Å². The van der Waals surface area contributed by atoms with Crippen LogP contribution >= 0.6 is 0 Å². The highest BCUT2D eigenvalue weighted by Crippen LogP contribution is 2.54. The maximum atomic E-state index is 11.2. The van der Waals surface area contributed by atoms with Crippen LogP contribution in [-0.4, -0.2) is 11.7 Å². The van der Waals surface area contributed by atoms with Crippen LogP contribution in [0.4, 0.5) is 0 Å². The number of rotatable bonds is 4. The average Bonchev–Trinajstić information content (AvgIpc) is 2.56. The summed E-state index contributed by atoms with van der Waals surface area (Å²) in [5, 5.41) is 11.2. The Morgan fingerprint density at radius 3 is 2.58 bits per heavy atom. The SMILES string of the molecule is CCCOc1ccccc1C1(O)CC(C)(C)CC1C. The minimum Gasteiger partial charge on any atom is -0.493 e. The van der Waals surface area contributed by atoms with Gasteiger partial charge in [-0.2, -0.15) is 0 Å². The van der Waals surface area contributed by atoms with Crippen molar-refractivity contribution in [2.45, 2.75) is 52.6 Å². The van der Waals surface area contributed by atoms with Gasteiger partial charge in [-0.3, -0.25) is 0 Å². The molecule has 2 atom stereocenters. The topological polar surface area (TPSA) is 29.5 Å². The highest BCUT2D eigenvalue weighted by Gasteiger charge is 2.49. The van der Waals surface area contributed by atoms with Crippen LogP contribution in [0.5, 0.6) is 5.75 Å². The Bertz CT molecular complexity index is 439. The number of ether oxygens (including phenoxy) is 1. The van der Waals surface area contributed by atoms with Gasteiger partial charge in [-0.05, 0) is 36.7 Å². The van der Waals surface area contributed by atoms with Crippen LogP contribution in [0.25, 0.3) is 0 Å². The largest absolute Gasteiger partial charge is 0.493 e. The van der Waals surface area contributed by atoms with Crippen LogP contribution in [0.2, 0.25) is 0 Å². The maximum absolute atomic E-state index is 11.2. The van der Waals surface area contributed by atoms with Gasteiger partial charge in [0.1, 0.15) is 5.75 Å². The molecule has 0 bridgehead atoms. The van der Waals surface area contributed by atoms with Crippen molar-refractivity contribution in [3.8, 4) is 5.75 Å². The number of hydrogen-bond donors (Lipinski definition) is 1. The third-order valence-corrected chi connectivity index (χ3v) is 4.24. The fourth-order valence-electron chi connectivity index (χ4n) is 3.50. The standard InChI is InChI=1S/C17H26O2/c1-5-10-19-15-9-7-6-8-14(15)17(18)12-16(3,4)11-13(17)2/h6-9,13,18H,5,10-12H2,1-4H3. The molecule has 1 fully saturated rings. The van der Waals surface area contributed by atoms with Crippen molar-refractivity contribution in [2.75, 3.05) is 6.61 Å². The molecule has 1 aromatic carbocycles. The molecule has 2 rings (SSSR count). The van der Waals surface area contributed by atoms with Gasteiger partial charge in [0.05, 0.1) is 12.2 Å². The van der Waals surface area contributed by atoms with Crippen molar-refractivity contribution in [3.05, 3.63) is 29.8 Å². The van der Waals surface area contributed by atoms with E-state index in [4.69, 9.17) is 4.74 Å². The molecule has 0 saturated heterocycles. The lowest BCUT2D eigenvalue weighted by molar-refractivity contribution is -0.00333. The highest BCUT2D eigenvalue weighted by atomic mass is 16.5. The normalized spacial score (nSPS) is 29.4. The summed E-state index contributed by atoms with van der Waals surface area (Å²) >= 11 is 0. The zero-order valence-electron chi connectivity index (χ0n) is 12.6. The zero-order valence-corrected chi connectivity index (χ0v) is 12.6. The van der Waals surface area contributed by atoms with E-state index in [1.807, 2.05) is 24.3 Å². The number of benzene rings is 1. The van der Waals surface area contributed by atoms with Crippen LogP contribution in [0.3, 0.4) is 0 Å². The van der Waals surface area contributed by atoms with Gasteiger partial charge in [-0.25, -0.2) is 0 Å². The van der Waals surface area contributed by atoms with E-state index in [0.717, 1.165) is 30.6 Å². The summed E-state index contributed by atoms with van der Waals surface area (Å²) in [6, 6.07) is 7.96. The van der Waals surface area contributed by atoms with Crippen molar-refractivity contribution >= 4 is 0 Å². The van der Waals surface area contributed by atoms with Gasteiger partial charge >= 0.3 is 0 Å². The smallest absolute Gasteiger partial charge is 0.125 e. The molecular weight excluding hydrogens is 236 g/mol. The lowest BCUT2D eigenvalue weighted by atomic mass is 9.83. The molecule has 106 valence electrons. The van der Waals surface area contributed by atoms with Crippen LogP contribution < -0.4 is 4.74 Å². The summed E-state index contributed by atoms with van der Waals surface area (Å²) in [7, 11) is 0. The molecule has 0 radical (unpaired) electrons. The predicted molar refractivity (Wildman–Crippen MR) is 78.3 cm³/mol. The van der Waals surface area contributed by atoms with Gasteiger partial charge < -0.3 is 9.84 Å². The predicted octanol–water partition coefficient (Wildman–Crippen LogP) is 4.12. The first kappa shape index (κ1) is 14.4. The third kappa shape index (κ3) is 2.79. The summed E-state index contributed by atoms with van der Waals surface area (Å²) in [5.41, 5.74) is 0.390. The van der Waals surface area contributed by atoms with Gasteiger partial charge in [0, 0.05) is 5.56 Å². The molecule has 1 aliphatic rings. The molecular formula is C17H26O2. The van der Waals surface area contributed by atoms with Crippen LogP contribution in [-0.2, 0) is 5.60 Å². The molecule has 0 aliphatic heterocycles. The fourth-order valence-corrected chi connectivity index (χ4v) is 3.50. The lowest BCUT2D eigenvalue weighted by Crippen LogP contribution is -2.29. The maximum Gasteiger partial charge on any atom is 0.125 e. The van der Waals surface area contributed by atoms with E-state index in [0.29, 0.717) is 6.61 Å². The number of para-hydroxylation sites is 1. The first-order chi connectivity index (χ1) is 8.89. The zero-order chi connectivity index (χ0) is 14.1. The summed E-state index contributed by atoms with van der Waals surface area (Å²) < 4.78 is 5.82. The van der Waals surface area contributed by atoms with E-state index in [1.165, 1.54) is 0 Å². The Labute approximate surface area is 116 Å². The highest BCUT2D eigenvalue weighted by molar-refractivity contribution is 5.39. The second kappa shape index (κ2) is 5.16. The Hall–Kier alpha value is -1.02. The monoisotopic (exact) mass is 262 g/mol. The number of aliphatic hydroxyl groups is 1. The molecule has 0 aromatic heterocycles. The van der Waals surface area contributed by atoms with Crippen molar-refractivity contribution in [1.82, 2.24) is 0 Å². The summed E-state index contributed by atoms with van der Waals surface area (Å²) in [6.45, 7) is 9.41. The van der Waals surface area contributed by atoms with Gasteiger partial charge in [0.2, 0.25) is 0 Å². The van der Waals surface area contributed by atoms with Gasteiger partial charge in [0.25, 0.3) is 0 Å². The van der Waals surface area contributed by atoms with E-state index >= 15 is 0 Å². The van der Waals surface area contributed by atoms with Crippen LogP contribution in [0.1, 0.15) is 52.5 Å². The van der Waals surface area contributed by atoms with Crippen molar-refractivity contribution < 1.29 is 9.84 Å². The van der Waals surface area contributed by atoms with Gasteiger partial charge in [-0.1, -0.05) is 45.9 Å². The lowest BCUT2D eigenvalue weighted by Gasteiger charge is -2.30. The van der Waals surface area contributed by atoms with Crippen molar-refractivity contribution in [3.63, 3.8) is 0 Å². The Kier molecular flexibility index (Phi) is 3.91. The molecule has 2 heteroatoms. The molecule has 0 heterocycles. The summed E-state index contributed by atoms with van der Waals surface area (Å²) in [4.78, 5) is 0. The molecule has 2 unspecified atom stereocenters. The average molecular weight is 262 g/mol. The minimum absolute atomic E-state index is 0.187. The third-order valence-electron chi connectivity index (χ3n) is 4.24. The molecule has 1 saturated carbocycles. The van der Waals surface area contributed by atoms with E-state index in [-0.39, 0.29) is 11.3 Å². The van der Waals surface area contributed by atoms with Gasteiger partial charge in [0.15, 0.2) is 0 Å². The Morgan fingerprint density at radius 2 is 2.00 bits per heavy atom. The molecule has 1 aliphatic carbocycles. The van der Waals surface area contributed by atoms with Crippen LogP contribution in [0, 0.1) is 11.3 Å². The van der Waals surface area contributed by atoms with Crippen LogP contribution in [0.15, 0.2) is 24.3 Å². The quantitative estimate of drug-likeness (QED) is 0.884.